The molecule has 0 saturated heterocycles. The molecule has 2 aliphatic rings. The summed E-state index contributed by atoms with van der Waals surface area (Å²) in [4.78, 5) is 0. The normalized spacial score (nSPS) is 18.0. The molecule has 234 valence electrons. The number of benzene rings is 3. The van der Waals surface area contributed by atoms with Gasteiger partial charge in [0.1, 0.15) is 0 Å². The maximum atomic E-state index is 2.78. The predicted octanol–water partition coefficient (Wildman–Crippen LogP) is 12.1. The van der Waals surface area contributed by atoms with E-state index < -0.39 is 19.4 Å². The molecule has 3 aromatic carbocycles. The Kier molecular flexibility index (Phi) is 14.5. The molecule has 5 rings (SSSR count). The van der Waals surface area contributed by atoms with Crippen molar-refractivity contribution in [1.82, 2.24) is 0 Å². The Morgan fingerprint density at radius 3 is 1.79 bits per heavy atom. The summed E-state index contributed by atoms with van der Waals surface area (Å²) in [7, 11) is 1.33. The van der Waals surface area contributed by atoms with Crippen LogP contribution in [-0.2, 0) is 19.4 Å². The van der Waals surface area contributed by atoms with Crippen molar-refractivity contribution in [2.24, 2.45) is 0 Å². The van der Waals surface area contributed by atoms with Crippen LogP contribution in [0.1, 0.15) is 134 Å². The second kappa shape index (κ2) is 16.4. The van der Waals surface area contributed by atoms with Gasteiger partial charge in [0, 0.05) is 0 Å². The standard InChI is InChI=1S/C16H13.C16H21.C6H14.CH3.2ClH.H3Si.Zr/c1-12-10-14-8-5-9-15(16(14)11-12)13-6-3-2-4-7-13;1-10(2)13-8-14-6-12(5)7-16(14)15(9-13)11(3)4;1-3-5-6-4-2;;;;;/h2-11H,1H3;6-11H,1-5H3;3-6H2,1-2H3;1H3;2*1H;1H3;. The summed E-state index contributed by atoms with van der Waals surface area (Å²) >= 11 is -2.67. The van der Waals surface area contributed by atoms with Crippen molar-refractivity contribution in [3.05, 3.63) is 105 Å². The molecule has 3 unspecified atom stereocenters. The molecule has 0 nitrogen and oxygen atoms in total. The molecule has 43 heavy (non-hydrogen) atoms. The molecule has 2 aliphatic carbocycles. The van der Waals surface area contributed by atoms with Crippen LogP contribution in [0.2, 0.25) is 4.63 Å². The molecule has 0 saturated carbocycles. The van der Waals surface area contributed by atoms with Crippen molar-refractivity contribution in [2.45, 2.75) is 105 Å². The predicted molar refractivity (Wildman–Crippen MR) is 199 cm³/mol. The van der Waals surface area contributed by atoms with E-state index >= 15 is 0 Å². The van der Waals surface area contributed by atoms with E-state index in [-0.39, 0.29) is 24.8 Å². The minimum atomic E-state index is -2.67. The largest absolute Gasteiger partial charge is 0.147 e. The summed E-state index contributed by atoms with van der Waals surface area (Å²) in [6.07, 6.45) is 10.6. The van der Waals surface area contributed by atoms with Gasteiger partial charge < -0.3 is 0 Å². The van der Waals surface area contributed by atoms with Crippen LogP contribution in [0, 0.1) is 0 Å². The van der Waals surface area contributed by atoms with Gasteiger partial charge in [-0.3, -0.25) is 0 Å². The molecule has 0 heterocycles. The summed E-state index contributed by atoms with van der Waals surface area (Å²) < 4.78 is 4.13. The average molecular weight is 715 g/mol. The van der Waals surface area contributed by atoms with Crippen LogP contribution < -0.4 is 0 Å². The molecule has 0 radical (unpaired) electrons. The number of allylic oxidation sites excluding steroid dienone is 2. The van der Waals surface area contributed by atoms with E-state index in [2.05, 4.69) is 133 Å². The smallest absolute Gasteiger partial charge is 0.0536 e. The van der Waals surface area contributed by atoms with Gasteiger partial charge in [-0.15, -0.1) is 24.8 Å². The zero-order valence-corrected chi connectivity index (χ0v) is 34.5. The quantitative estimate of drug-likeness (QED) is 0.161. The van der Waals surface area contributed by atoms with E-state index in [0.29, 0.717) is 19.1 Å². The summed E-state index contributed by atoms with van der Waals surface area (Å²) in [5.41, 5.74) is 15.4. The van der Waals surface area contributed by atoms with Crippen LogP contribution >= 0.6 is 24.8 Å². The third-order valence-corrected chi connectivity index (χ3v) is 27.4. The molecule has 0 fully saturated rings. The molecule has 0 N–H and O–H groups in total. The van der Waals surface area contributed by atoms with E-state index in [1.165, 1.54) is 55.3 Å². The summed E-state index contributed by atoms with van der Waals surface area (Å²) in [6, 6.07) is 23.1. The third-order valence-electron chi connectivity index (χ3n) is 9.50. The van der Waals surface area contributed by atoms with Crippen LogP contribution in [0.25, 0.3) is 23.3 Å². The fraction of sp³-hybridized carbons (Fsp3) is 0.436. The van der Waals surface area contributed by atoms with Gasteiger partial charge in [-0.1, -0.05) is 39.5 Å². The van der Waals surface area contributed by atoms with Crippen LogP contribution in [0.15, 0.2) is 71.8 Å². The topological polar surface area (TPSA) is 0 Å². The van der Waals surface area contributed by atoms with Gasteiger partial charge in [-0.25, -0.2) is 0 Å². The molecule has 3 aromatic rings. The first-order chi connectivity index (χ1) is 19.5. The number of hydrogen-bond acceptors (Lipinski definition) is 0. The van der Waals surface area contributed by atoms with Crippen molar-refractivity contribution in [3.8, 4) is 11.1 Å². The zero-order valence-electron chi connectivity index (χ0n) is 28.4. The van der Waals surface area contributed by atoms with E-state index in [9.17, 15) is 0 Å². The Labute approximate surface area is 282 Å². The molecule has 0 aliphatic heterocycles. The first-order valence-electron chi connectivity index (χ1n) is 16.2. The van der Waals surface area contributed by atoms with E-state index in [1.54, 1.807) is 33.4 Å². The van der Waals surface area contributed by atoms with Gasteiger partial charge in [0.15, 0.2) is 0 Å². The molecule has 0 aromatic heterocycles. The number of unbranched alkanes of at least 4 members (excludes halogenated alkanes) is 3. The second-order valence-corrected chi connectivity index (χ2v) is 38.3. The molecule has 3 atom stereocenters. The van der Waals surface area contributed by atoms with Crippen molar-refractivity contribution in [2.75, 3.05) is 0 Å². The maximum Gasteiger partial charge on any atom is -0.0536 e. The van der Waals surface area contributed by atoms with Gasteiger partial charge in [-0.2, -0.15) is 0 Å². The fourth-order valence-corrected chi connectivity index (χ4v) is 28.8. The Morgan fingerprint density at radius 2 is 1.26 bits per heavy atom. The maximum absolute atomic E-state index is 2.78. The molecule has 0 bridgehead atoms. The molecular weight excluding hydrogens is 659 g/mol. The van der Waals surface area contributed by atoms with Gasteiger partial charge in [0.2, 0.25) is 0 Å². The van der Waals surface area contributed by atoms with E-state index in [4.69, 9.17) is 0 Å². The number of fused-ring (bicyclic) bond motifs is 2. The molecule has 0 spiro atoms. The van der Waals surface area contributed by atoms with Crippen molar-refractivity contribution in [3.63, 3.8) is 0 Å². The van der Waals surface area contributed by atoms with Crippen LogP contribution in [-0.4, -0.2) is 7.37 Å². The number of rotatable bonds is 8. The van der Waals surface area contributed by atoms with Crippen molar-refractivity contribution in [1.29, 1.82) is 0 Å². The van der Waals surface area contributed by atoms with Gasteiger partial charge in [0.05, 0.1) is 0 Å². The first kappa shape index (κ1) is 38.0. The summed E-state index contributed by atoms with van der Waals surface area (Å²) in [5, 5.41) is 0. The number of halogens is 2. The number of hydrogen-bond donors (Lipinski definition) is 0. The first-order valence-corrected chi connectivity index (χ1v) is 29.9. The summed E-state index contributed by atoms with van der Waals surface area (Å²) in [6.45, 7) is 18.8. The van der Waals surface area contributed by atoms with Gasteiger partial charge in [0.25, 0.3) is 0 Å². The van der Waals surface area contributed by atoms with Crippen LogP contribution in [0.4, 0.5) is 0 Å². The molecule has 0 amide bonds. The SMILES string of the molecule is CC1=Cc2c(-c3ccccc3)cccc2[CH]1[Zr]([CH3])([SiH3])[CH]1C(C)=Cc2c(C(C)C)cc(C(C)C)cc21.CCCCCC.Cl.Cl. The van der Waals surface area contributed by atoms with Crippen molar-refractivity contribution < 1.29 is 19.4 Å². The summed E-state index contributed by atoms with van der Waals surface area (Å²) in [5.74, 6) is 1.13. The zero-order chi connectivity index (χ0) is 29.9. The van der Waals surface area contributed by atoms with Gasteiger partial charge in [-0.05, 0) is 0 Å². The fourth-order valence-electron chi connectivity index (χ4n) is 7.56. The molecule has 4 heteroatoms. The third kappa shape index (κ3) is 7.98. The Balaban J connectivity index is 0.000000735. The average Bonchev–Trinajstić information content (AvgIpc) is 3.47. The van der Waals surface area contributed by atoms with E-state index in [1.807, 2.05) is 0 Å². The minimum Gasteiger partial charge on any atom is -0.147 e. The van der Waals surface area contributed by atoms with Crippen LogP contribution in [0.3, 0.4) is 0 Å². The van der Waals surface area contributed by atoms with Crippen LogP contribution in [0.5, 0.6) is 0 Å². The second-order valence-electron chi connectivity index (χ2n) is 13.8. The van der Waals surface area contributed by atoms with Crippen molar-refractivity contribution >= 4 is 44.3 Å². The minimum absolute atomic E-state index is 0. The van der Waals surface area contributed by atoms with Gasteiger partial charge >= 0.3 is 221 Å². The molecular formula is C39H56Cl2SiZr. The Hall–Kier alpha value is -1.18. The Morgan fingerprint density at radius 1 is 0.698 bits per heavy atom. The Bertz CT molecular complexity index is 1410. The monoisotopic (exact) mass is 712 g/mol. The van der Waals surface area contributed by atoms with E-state index in [0.717, 1.165) is 0 Å².